The molecule has 2 rings (SSSR count). The highest BCUT2D eigenvalue weighted by molar-refractivity contribution is 5.00. The molecule has 2 heterocycles. The molecule has 0 aliphatic heterocycles. The molecular weight excluding hydrogens is 464 g/mol. The molecule has 0 aliphatic carbocycles. The van der Waals surface area contributed by atoms with E-state index >= 15 is 0 Å². The Morgan fingerprint density at radius 1 is 0.395 bits per heavy atom. The van der Waals surface area contributed by atoms with Gasteiger partial charge in [0.2, 0.25) is 0 Å². The van der Waals surface area contributed by atoms with Crippen LogP contribution in [-0.4, -0.2) is 19.3 Å². The van der Waals surface area contributed by atoms with Crippen molar-refractivity contribution in [3.8, 4) is 0 Å². The van der Waals surface area contributed by atoms with Crippen LogP contribution in [0.4, 0.5) is 0 Å². The van der Waals surface area contributed by atoms with E-state index in [2.05, 4.69) is 45.6 Å². The van der Waals surface area contributed by atoms with Crippen LogP contribution in [0.2, 0.25) is 0 Å². The summed E-state index contributed by atoms with van der Waals surface area (Å²) < 4.78 is 4.44. The van der Waals surface area contributed by atoms with Gasteiger partial charge in [0.15, 0.2) is 0 Å². The zero-order valence-electron chi connectivity index (χ0n) is 25.5. The van der Waals surface area contributed by atoms with Crippen LogP contribution in [0.3, 0.4) is 0 Å². The fourth-order valence-electron chi connectivity index (χ4n) is 5.65. The van der Waals surface area contributed by atoms with E-state index in [1.807, 2.05) is 12.4 Å². The van der Waals surface area contributed by atoms with Crippen molar-refractivity contribution < 1.29 is 0 Å². The monoisotopic (exact) mass is 526 g/mol. The Morgan fingerprint density at radius 2 is 0.658 bits per heavy atom. The number of aryl methyl sites for hydroxylation is 2. The molecule has 0 saturated heterocycles. The average molecular weight is 527 g/mol. The minimum absolute atomic E-state index is 1.05. The molecule has 4 heteroatoms. The molecule has 4 nitrogen and oxygen atoms in total. The molecule has 0 unspecified atom stereocenters. The number of unbranched alkanes of at least 4 members (excludes halogenated alkanes) is 22. The fraction of sp³-hybridized carbons (Fsp3) is 0.824. The van der Waals surface area contributed by atoms with E-state index in [0.29, 0.717) is 0 Å². The molecule has 38 heavy (non-hydrogen) atoms. The summed E-state index contributed by atoms with van der Waals surface area (Å²) >= 11 is 0. The quantitative estimate of drug-likeness (QED) is 0.108. The molecular formula is C34H62N4. The van der Waals surface area contributed by atoms with Gasteiger partial charge in [0.05, 0.1) is 0 Å². The number of nitrogens with zero attached hydrogens (tertiary/aromatic N) is 4. The Balaban J connectivity index is 1.50. The van der Waals surface area contributed by atoms with E-state index in [0.717, 1.165) is 12.8 Å². The Kier molecular flexibility index (Phi) is 20.0. The van der Waals surface area contributed by atoms with E-state index in [1.165, 1.54) is 166 Å². The summed E-state index contributed by atoms with van der Waals surface area (Å²) in [6.45, 7) is 4.59. The van der Waals surface area contributed by atoms with Crippen LogP contribution in [0.25, 0.3) is 0 Å². The molecule has 218 valence electrons. The lowest BCUT2D eigenvalue weighted by molar-refractivity contribution is 0.522. The fourth-order valence-corrected chi connectivity index (χ4v) is 5.65. The Morgan fingerprint density at radius 3 is 0.947 bits per heavy atom. The van der Waals surface area contributed by atoms with Crippen LogP contribution in [0.1, 0.15) is 180 Å². The zero-order chi connectivity index (χ0) is 26.9. The molecule has 0 amide bonds. The average Bonchev–Trinajstić information content (AvgIpc) is 3.59. The summed E-state index contributed by atoms with van der Waals surface area (Å²) in [7, 11) is 0. The van der Waals surface area contributed by atoms with Gasteiger partial charge in [-0.25, -0.2) is 19.3 Å². The maximum Gasteiger partial charge on any atom is 0.128 e. The van der Waals surface area contributed by atoms with Gasteiger partial charge in [0, 0.05) is 37.6 Å². The first-order chi connectivity index (χ1) is 18.9. The number of hydrogen-bond donors (Lipinski definition) is 0. The Hall–Kier alpha value is -1.58. The summed E-state index contributed by atoms with van der Waals surface area (Å²) in [6.07, 6.45) is 43.6. The van der Waals surface area contributed by atoms with E-state index in [1.54, 1.807) is 0 Å². The lowest BCUT2D eigenvalue weighted by atomic mass is 10.0. The Bertz CT molecular complexity index is 762. The molecule has 0 aliphatic rings. The summed E-state index contributed by atoms with van der Waals surface area (Å²) in [5.74, 6) is 2.34. The number of rotatable bonds is 27. The summed E-state index contributed by atoms with van der Waals surface area (Å²) in [5.41, 5.74) is 0. The zero-order valence-corrected chi connectivity index (χ0v) is 25.5. The largest absolute Gasteiger partial charge is 0.240 e. The van der Waals surface area contributed by atoms with Crippen LogP contribution >= 0.6 is 0 Å². The minimum atomic E-state index is 1.05. The van der Waals surface area contributed by atoms with Gasteiger partial charge in [-0.2, -0.15) is 0 Å². The van der Waals surface area contributed by atoms with Gasteiger partial charge in [-0.05, 0) is 12.8 Å². The van der Waals surface area contributed by atoms with Gasteiger partial charge >= 0.3 is 0 Å². The topological polar surface area (TPSA) is 35.6 Å². The molecule has 0 atom stereocenters. The molecule has 0 N–H and O–H groups in total. The van der Waals surface area contributed by atoms with Crippen LogP contribution in [0.15, 0.2) is 24.8 Å². The molecule has 0 aromatic carbocycles. The molecule has 2 aromatic heterocycles. The predicted molar refractivity (Wildman–Crippen MR) is 165 cm³/mol. The van der Waals surface area contributed by atoms with Crippen molar-refractivity contribution in [3.63, 3.8) is 0 Å². The molecule has 2 aromatic rings. The highest BCUT2D eigenvalue weighted by Gasteiger charge is 2.09. The van der Waals surface area contributed by atoms with Crippen molar-refractivity contribution in [1.29, 1.82) is 0 Å². The van der Waals surface area contributed by atoms with E-state index in [4.69, 9.17) is 0 Å². The van der Waals surface area contributed by atoms with Gasteiger partial charge in [-0.1, -0.05) is 155 Å². The highest BCUT2D eigenvalue weighted by Crippen LogP contribution is 2.15. The second kappa shape index (κ2) is 23.3. The van der Waals surface area contributed by atoms with Crippen molar-refractivity contribution in [2.45, 2.75) is 181 Å². The van der Waals surface area contributed by atoms with E-state index in [-0.39, 0.29) is 0 Å². The minimum Gasteiger partial charge on any atom is -0.240 e. The van der Waals surface area contributed by atoms with Crippen LogP contribution in [-0.2, 0) is 12.8 Å². The van der Waals surface area contributed by atoms with Crippen LogP contribution in [0.5, 0.6) is 0 Å². The number of imidazole rings is 2. The summed E-state index contributed by atoms with van der Waals surface area (Å²) in [4.78, 5) is 9.35. The third kappa shape index (κ3) is 15.1. The first-order valence-electron chi connectivity index (χ1n) is 16.9. The molecule has 0 spiro atoms. The van der Waals surface area contributed by atoms with E-state index in [9.17, 15) is 0 Å². The van der Waals surface area contributed by atoms with Crippen molar-refractivity contribution in [3.05, 3.63) is 36.4 Å². The summed E-state index contributed by atoms with van der Waals surface area (Å²) in [5, 5.41) is 0. The molecule has 0 fully saturated rings. The third-order valence-corrected chi connectivity index (χ3v) is 8.13. The normalized spacial score (nSPS) is 11.5. The van der Waals surface area contributed by atoms with E-state index < -0.39 is 0 Å². The number of hydrogen-bond acceptors (Lipinski definition) is 2. The first kappa shape index (κ1) is 32.6. The lowest BCUT2D eigenvalue weighted by Gasteiger charge is -2.12. The molecule has 0 radical (unpaired) electrons. The van der Waals surface area contributed by atoms with Gasteiger partial charge < -0.3 is 0 Å². The maximum atomic E-state index is 4.68. The second-order valence-corrected chi connectivity index (χ2v) is 11.7. The molecule has 0 saturated carbocycles. The van der Waals surface area contributed by atoms with Crippen molar-refractivity contribution in [1.82, 2.24) is 19.3 Å². The first-order valence-corrected chi connectivity index (χ1v) is 16.9. The lowest BCUT2D eigenvalue weighted by Crippen LogP contribution is -2.15. The second-order valence-electron chi connectivity index (χ2n) is 11.7. The number of aromatic nitrogens is 4. The van der Waals surface area contributed by atoms with Gasteiger partial charge in [0.25, 0.3) is 0 Å². The van der Waals surface area contributed by atoms with Gasteiger partial charge in [0.1, 0.15) is 11.6 Å². The highest BCUT2D eigenvalue weighted by atomic mass is 15.5. The van der Waals surface area contributed by atoms with Crippen LogP contribution < -0.4 is 0 Å². The maximum absolute atomic E-state index is 4.68. The van der Waals surface area contributed by atoms with Crippen molar-refractivity contribution in [2.75, 3.05) is 0 Å². The smallest absolute Gasteiger partial charge is 0.128 e. The van der Waals surface area contributed by atoms with Crippen LogP contribution in [0, 0.1) is 0 Å². The van der Waals surface area contributed by atoms with Crippen molar-refractivity contribution in [2.24, 2.45) is 0 Å². The summed E-state index contributed by atoms with van der Waals surface area (Å²) in [6, 6.07) is 0. The predicted octanol–water partition coefficient (Wildman–Crippen LogP) is 10.9. The third-order valence-electron chi connectivity index (χ3n) is 8.13. The SMILES string of the molecule is CCCCCCCCCCCCCCCCCc1nccn1-n1ccnc1CCCCCCCCCCC. The van der Waals surface area contributed by atoms with Gasteiger partial charge in [-0.15, -0.1) is 0 Å². The van der Waals surface area contributed by atoms with Gasteiger partial charge in [-0.3, -0.25) is 0 Å². The molecule has 0 bridgehead atoms. The van der Waals surface area contributed by atoms with Crippen molar-refractivity contribution >= 4 is 0 Å². The Labute approximate surface area is 236 Å². The standard InChI is InChI=1S/C34H62N4/c1-3-5-7-9-11-13-14-15-16-17-18-20-22-24-26-28-34-36-30-32-38(34)37-31-29-35-33(37)27-25-23-21-19-12-10-8-6-4-2/h29-32H,3-28H2,1-2H3.